The van der Waals surface area contributed by atoms with Gasteiger partial charge in [-0.25, -0.2) is 0 Å². The van der Waals surface area contributed by atoms with Gasteiger partial charge in [0.1, 0.15) is 0 Å². The Bertz CT molecular complexity index is 2240. The van der Waals surface area contributed by atoms with Gasteiger partial charge in [0.25, 0.3) is 0 Å². The molecule has 0 unspecified atom stereocenters. The number of hydrogen-bond acceptors (Lipinski definition) is 1. The van der Waals surface area contributed by atoms with Gasteiger partial charge in [-0.2, -0.15) is 0 Å². The van der Waals surface area contributed by atoms with Crippen LogP contribution in [0.4, 0.5) is 0 Å². The normalized spacial score (nSPS) is 14.6. The molecule has 0 radical (unpaired) electrons. The van der Waals surface area contributed by atoms with Gasteiger partial charge in [-0.3, -0.25) is 4.98 Å². The Hall–Kier alpha value is -5.01. The molecule has 5 aromatic carbocycles. The van der Waals surface area contributed by atoms with E-state index in [9.17, 15) is 0 Å². The molecule has 6 aromatic rings. The maximum atomic E-state index is 4.83. The summed E-state index contributed by atoms with van der Waals surface area (Å²) in [5.41, 5.74) is 12.9. The Kier molecular flexibility index (Phi) is 6.60. The minimum Gasteiger partial charge on any atom is -0.253 e. The van der Waals surface area contributed by atoms with Crippen molar-refractivity contribution >= 4 is 38.8 Å². The summed E-state index contributed by atoms with van der Waals surface area (Å²) in [6, 6.07) is 40.2. The Morgan fingerprint density at radius 3 is 1.95 bits per heavy atom. The Morgan fingerprint density at radius 2 is 1.25 bits per heavy atom. The molecule has 0 spiro atoms. The highest BCUT2D eigenvalue weighted by Crippen LogP contribution is 2.43. The number of pyridine rings is 1. The van der Waals surface area contributed by atoms with Crippen LogP contribution in [-0.4, -0.2) is 4.98 Å². The van der Waals surface area contributed by atoms with Gasteiger partial charge in [0.15, 0.2) is 0 Å². The first-order valence-corrected chi connectivity index (χ1v) is 15.8. The van der Waals surface area contributed by atoms with Crippen LogP contribution in [0.3, 0.4) is 0 Å². The molecule has 1 heteroatoms. The van der Waals surface area contributed by atoms with Crippen LogP contribution in [0.15, 0.2) is 127 Å². The summed E-state index contributed by atoms with van der Waals surface area (Å²) in [7, 11) is 0. The molecule has 0 aliphatic heterocycles. The molecule has 1 heterocycles. The van der Waals surface area contributed by atoms with Gasteiger partial charge in [-0.15, -0.1) is 0 Å². The van der Waals surface area contributed by atoms with Crippen LogP contribution in [0.5, 0.6) is 0 Å². The maximum absolute atomic E-state index is 4.83. The van der Waals surface area contributed by atoms with Crippen molar-refractivity contribution < 1.29 is 0 Å². The van der Waals surface area contributed by atoms with Crippen molar-refractivity contribution in [2.24, 2.45) is 0 Å². The molecule has 44 heavy (non-hydrogen) atoms. The smallest absolute Gasteiger partial charge is 0.0705 e. The Morgan fingerprint density at radius 1 is 0.568 bits per heavy atom. The largest absolute Gasteiger partial charge is 0.253 e. The van der Waals surface area contributed by atoms with Crippen molar-refractivity contribution in [3.8, 4) is 22.4 Å². The van der Waals surface area contributed by atoms with Gasteiger partial charge < -0.3 is 0 Å². The summed E-state index contributed by atoms with van der Waals surface area (Å²) in [6.07, 6.45) is 11.5. The fourth-order valence-electron chi connectivity index (χ4n) is 7.35. The molecular formula is C43H35N. The Labute approximate surface area is 259 Å². The van der Waals surface area contributed by atoms with Gasteiger partial charge in [0.05, 0.1) is 5.69 Å². The van der Waals surface area contributed by atoms with Crippen LogP contribution in [0.25, 0.3) is 61.2 Å². The first-order valence-electron chi connectivity index (χ1n) is 15.8. The lowest BCUT2D eigenvalue weighted by molar-refractivity contribution is 0.973. The number of aryl methyl sites for hydroxylation is 1. The first-order chi connectivity index (χ1) is 21.7. The average molecular weight is 566 g/mol. The number of nitrogens with zero attached hydrogens (tertiary/aromatic N) is 1. The number of allylic oxidation sites excluding steroid dienone is 4. The lowest BCUT2D eigenvalue weighted by Crippen LogP contribution is -2.33. The maximum Gasteiger partial charge on any atom is 0.0705 e. The molecule has 1 nitrogen and oxygen atoms in total. The van der Waals surface area contributed by atoms with Crippen molar-refractivity contribution in [1.29, 1.82) is 0 Å². The van der Waals surface area contributed by atoms with E-state index in [1.54, 1.807) is 0 Å². The van der Waals surface area contributed by atoms with E-state index in [-0.39, 0.29) is 0 Å². The zero-order valence-electron chi connectivity index (χ0n) is 25.4. The van der Waals surface area contributed by atoms with Crippen LogP contribution in [-0.2, 0) is 0 Å². The molecule has 0 saturated heterocycles. The molecule has 0 amide bonds. The summed E-state index contributed by atoms with van der Waals surface area (Å²) < 4.78 is 0. The summed E-state index contributed by atoms with van der Waals surface area (Å²) in [6.45, 7) is 4.29. The number of hydrogen-bond donors (Lipinski definition) is 0. The van der Waals surface area contributed by atoms with E-state index in [1.165, 1.54) is 71.0 Å². The van der Waals surface area contributed by atoms with Gasteiger partial charge in [0, 0.05) is 11.3 Å². The molecule has 2 aliphatic rings. The highest BCUT2D eigenvalue weighted by atomic mass is 14.7. The molecule has 0 fully saturated rings. The van der Waals surface area contributed by atoms with E-state index in [4.69, 9.17) is 4.98 Å². The predicted octanol–water partition coefficient (Wildman–Crippen LogP) is 9.93. The average Bonchev–Trinajstić information content (AvgIpc) is 3.07. The van der Waals surface area contributed by atoms with E-state index in [1.807, 2.05) is 0 Å². The van der Waals surface area contributed by atoms with Crippen molar-refractivity contribution in [2.45, 2.75) is 39.5 Å². The van der Waals surface area contributed by atoms with Crippen LogP contribution in [0, 0.1) is 6.92 Å². The zero-order chi connectivity index (χ0) is 29.6. The molecule has 8 rings (SSSR count). The second-order valence-electron chi connectivity index (χ2n) is 12.3. The van der Waals surface area contributed by atoms with Gasteiger partial charge in [0.2, 0.25) is 0 Å². The fraction of sp³-hybridized carbons (Fsp3) is 0.140. The lowest BCUT2D eigenvalue weighted by atomic mass is 9.82. The van der Waals surface area contributed by atoms with Crippen molar-refractivity contribution in [3.63, 3.8) is 0 Å². The SMILES string of the molecule is CC1=CC=C(c2cccc3c2=CCCC=3c2c3ccccc3c(-c3cccc(-c4cccc(C)n4)c3)c3ccccc23)CC1. The quantitative estimate of drug-likeness (QED) is 0.194. The van der Waals surface area contributed by atoms with Crippen LogP contribution in [0.2, 0.25) is 0 Å². The summed E-state index contributed by atoms with van der Waals surface area (Å²) in [4.78, 5) is 4.83. The summed E-state index contributed by atoms with van der Waals surface area (Å²) in [5, 5.41) is 8.03. The zero-order valence-corrected chi connectivity index (χ0v) is 25.4. The lowest BCUT2D eigenvalue weighted by Gasteiger charge is -2.22. The Balaban J connectivity index is 1.42. The number of rotatable bonds is 4. The van der Waals surface area contributed by atoms with E-state index < -0.39 is 0 Å². The molecule has 0 N–H and O–H groups in total. The molecule has 2 aliphatic carbocycles. The first kappa shape index (κ1) is 26.6. The third-order valence-corrected chi connectivity index (χ3v) is 9.45. The molecule has 0 atom stereocenters. The van der Waals surface area contributed by atoms with Gasteiger partial charge in [-0.05, 0) is 123 Å². The van der Waals surface area contributed by atoms with Crippen molar-refractivity contribution in [2.75, 3.05) is 0 Å². The number of benzene rings is 5. The summed E-state index contributed by atoms with van der Waals surface area (Å²) in [5.74, 6) is 0. The fourth-order valence-corrected chi connectivity index (χ4v) is 7.35. The van der Waals surface area contributed by atoms with Gasteiger partial charge >= 0.3 is 0 Å². The third-order valence-electron chi connectivity index (χ3n) is 9.45. The van der Waals surface area contributed by atoms with Crippen molar-refractivity contribution in [3.05, 3.63) is 154 Å². The third kappa shape index (κ3) is 4.52. The molecule has 212 valence electrons. The molecule has 0 saturated carbocycles. The van der Waals surface area contributed by atoms with Crippen LogP contribution < -0.4 is 10.4 Å². The van der Waals surface area contributed by atoms with Gasteiger partial charge in [-0.1, -0.05) is 115 Å². The monoisotopic (exact) mass is 565 g/mol. The standard InChI is InChI=1S/C43H35N/c1-28-23-25-30(26-24-28)33-18-9-20-35-34(33)19-10-21-36(35)43-39-16-5-3-14-37(39)42(38-15-4-6-17-40(38)43)32-13-8-12-31(27-32)41-22-7-11-29(2)44-41/h3-9,11-20,22-23,25,27H,10,21,24,26H2,1-2H3. The molecule has 0 bridgehead atoms. The number of aromatic nitrogens is 1. The highest BCUT2D eigenvalue weighted by molar-refractivity contribution is 6.18. The predicted molar refractivity (Wildman–Crippen MR) is 188 cm³/mol. The minimum absolute atomic E-state index is 1.01. The van der Waals surface area contributed by atoms with E-state index in [0.29, 0.717) is 0 Å². The molecule has 1 aromatic heterocycles. The van der Waals surface area contributed by atoms with Crippen LogP contribution in [0.1, 0.15) is 49.4 Å². The second-order valence-corrected chi connectivity index (χ2v) is 12.3. The number of fused-ring (bicyclic) bond motifs is 3. The minimum atomic E-state index is 1.01. The van der Waals surface area contributed by atoms with Crippen LogP contribution >= 0.6 is 0 Å². The molecular weight excluding hydrogens is 530 g/mol. The van der Waals surface area contributed by atoms with E-state index in [2.05, 4.69) is 141 Å². The second kappa shape index (κ2) is 10.9. The van der Waals surface area contributed by atoms with E-state index >= 15 is 0 Å². The highest BCUT2D eigenvalue weighted by Gasteiger charge is 2.20. The summed E-state index contributed by atoms with van der Waals surface area (Å²) >= 11 is 0. The van der Waals surface area contributed by atoms with E-state index in [0.717, 1.165) is 42.6 Å². The topological polar surface area (TPSA) is 12.9 Å². The van der Waals surface area contributed by atoms with Crippen molar-refractivity contribution in [1.82, 2.24) is 4.98 Å².